The lowest BCUT2D eigenvalue weighted by Gasteiger charge is -2.19. The predicted molar refractivity (Wildman–Crippen MR) is 60.3 cm³/mol. The van der Waals surface area contributed by atoms with Gasteiger partial charge in [-0.25, -0.2) is 4.98 Å². The van der Waals surface area contributed by atoms with Crippen molar-refractivity contribution in [3.05, 3.63) is 12.7 Å². The van der Waals surface area contributed by atoms with Gasteiger partial charge in [-0.05, 0) is 6.42 Å². The largest absolute Gasteiger partial charge is 0.332 e. The first-order valence-corrected chi connectivity index (χ1v) is 5.31. The summed E-state index contributed by atoms with van der Waals surface area (Å²) < 4.78 is 1.64. The lowest BCUT2D eigenvalue weighted by molar-refractivity contribution is -0.130. The highest BCUT2D eigenvalue weighted by molar-refractivity contribution is 5.76. The van der Waals surface area contributed by atoms with E-state index in [4.69, 9.17) is 6.42 Å². The number of terminal acetylenes is 1. The third kappa shape index (κ3) is 3.73. The molecule has 0 aliphatic rings. The van der Waals surface area contributed by atoms with Crippen LogP contribution in [0.2, 0.25) is 0 Å². The molecule has 1 rings (SSSR count). The van der Waals surface area contributed by atoms with Crippen LogP contribution in [0.5, 0.6) is 0 Å². The third-order valence-corrected chi connectivity index (χ3v) is 2.15. The van der Waals surface area contributed by atoms with E-state index in [0.717, 1.165) is 6.42 Å². The van der Waals surface area contributed by atoms with Crippen LogP contribution in [-0.2, 0) is 11.3 Å². The fourth-order valence-corrected chi connectivity index (χ4v) is 1.39. The van der Waals surface area contributed by atoms with E-state index in [2.05, 4.69) is 16.0 Å². The molecule has 0 radical (unpaired) electrons. The van der Waals surface area contributed by atoms with Crippen LogP contribution < -0.4 is 0 Å². The van der Waals surface area contributed by atoms with Crippen molar-refractivity contribution in [2.75, 3.05) is 13.1 Å². The first-order valence-electron chi connectivity index (χ1n) is 5.31. The van der Waals surface area contributed by atoms with Crippen LogP contribution in [0.1, 0.15) is 19.8 Å². The van der Waals surface area contributed by atoms with Gasteiger partial charge in [-0.2, -0.15) is 5.10 Å². The van der Waals surface area contributed by atoms with Gasteiger partial charge in [-0.3, -0.25) is 9.48 Å². The number of nitrogens with zero attached hydrogens (tertiary/aromatic N) is 4. The van der Waals surface area contributed by atoms with E-state index < -0.39 is 0 Å². The first kappa shape index (κ1) is 12.2. The Kier molecular flexibility index (Phi) is 5.06. The van der Waals surface area contributed by atoms with Crippen LogP contribution in [0.3, 0.4) is 0 Å². The van der Waals surface area contributed by atoms with Gasteiger partial charge in [0, 0.05) is 13.0 Å². The average molecular weight is 220 g/mol. The van der Waals surface area contributed by atoms with E-state index in [1.807, 2.05) is 6.92 Å². The van der Waals surface area contributed by atoms with E-state index >= 15 is 0 Å². The fourth-order valence-electron chi connectivity index (χ4n) is 1.39. The smallest absolute Gasteiger partial charge is 0.225 e. The van der Waals surface area contributed by atoms with Crippen LogP contribution >= 0.6 is 0 Å². The molecule has 1 aromatic rings. The second-order valence-corrected chi connectivity index (χ2v) is 3.43. The molecule has 0 N–H and O–H groups in total. The van der Waals surface area contributed by atoms with Crippen molar-refractivity contribution in [2.45, 2.75) is 26.3 Å². The summed E-state index contributed by atoms with van der Waals surface area (Å²) in [6.07, 6.45) is 9.59. The monoisotopic (exact) mass is 220 g/mol. The molecule has 1 aromatic heterocycles. The first-order chi connectivity index (χ1) is 7.77. The van der Waals surface area contributed by atoms with Crippen LogP contribution in [0.15, 0.2) is 12.7 Å². The van der Waals surface area contributed by atoms with Crippen molar-refractivity contribution in [1.29, 1.82) is 0 Å². The maximum Gasteiger partial charge on any atom is 0.225 e. The molecule has 1 heterocycles. The fraction of sp³-hybridized carbons (Fsp3) is 0.545. The molecule has 0 aromatic carbocycles. The Balaban J connectivity index is 2.40. The summed E-state index contributed by atoms with van der Waals surface area (Å²) in [5.74, 6) is 2.56. The average Bonchev–Trinajstić information content (AvgIpc) is 2.78. The standard InChI is InChI=1S/C11H16N4O/c1-3-6-14(7-4-2)11(16)5-8-15-10-12-9-13-15/h1,9-10H,4-8H2,2H3. The summed E-state index contributed by atoms with van der Waals surface area (Å²) in [4.78, 5) is 17.3. The summed E-state index contributed by atoms with van der Waals surface area (Å²) in [6, 6.07) is 0. The number of aryl methyl sites for hydroxylation is 1. The van der Waals surface area contributed by atoms with Crippen molar-refractivity contribution in [2.24, 2.45) is 0 Å². The highest BCUT2D eigenvalue weighted by Crippen LogP contribution is 1.98. The summed E-state index contributed by atoms with van der Waals surface area (Å²) in [5.41, 5.74) is 0. The lowest BCUT2D eigenvalue weighted by Crippen LogP contribution is -2.32. The minimum atomic E-state index is 0.0651. The van der Waals surface area contributed by atoms with E-state index in [9.17, 15) is 4.79 Å². The second-order valence-electron chi connectivity index (χ2n) is 3.43. The SMILES string of the molecule is C#CCN(CCC)C(=O)CCn1cncn1. The minimum Gasteiger partial charge on any atom is -0.332 e. The lowest BCUT2D eigenvalue weighted by atomic mass is 10.3. The number of hydrogen-bond donors (Lipinski definition) is 0. The number of hydrogen-bond acceptors (Lipinski definition) is 3. The molecular formula is C11H16N4O. The van der Waals surface area contributed by atoms with Crippen LogP contribution in [0, 0.1) is 12.3 Å². The third-order valence-electron chi connectivity index (χ3n) is 2.15. The Hall–Kier alpha value is -1.83. The second kappa shape index (κ2) is 6.62. The molecule has 86 valence electrons. The molecule has 5 nitrogen and oxygen atoms in total. The van der Waals surface area contributed by atoms with Gasteiger partial charge in [0.1, 0.15) is 12.7 Å². The van der Waals surface area contributed by atoms with Crippen LogP contribution in [-0.4, -0.2) is 38.7 Å². The highest BCUT2D eigenvalue weighted by Gasteiger charge is 2.11. The quantitative estimate of drug-likeness (QED) is 0.657. The Bertz CT molecular complexity index is 353. The topological polar surface area (TPSA) is 51.0 Å². The van der Waals surface area contributed by atoms with Gasteiger partial charge in [0.05, 0.1) is 13.1 Å². The Morgan fingerprint density at radius 3 is 3.00 bits per heavy atom. The molecule has 0 bridgehead atoms. The van der Waals surface area contributed by atoms with Gasteiger partial charge in [-0.15, -0.1) is 6.42 Å². The van der Waals surface area contributed by atoms with E-state index in [-0.39, 0.29) is 5.91 Å². The van der Waals surface area contributed by atoms with Crippen molar-refractivity contribution in [3.63, 3.8) is 0 Å². The van der Waals surface area contributed by atoms with Crippen molar-refractivity contribution in [3.8, 4) is 12.3 Å². The van der Waals surface area contributed by atoms with Gasteiger partial charge in [0.2, 0.25) is 5.91 Å². The maximum absolute atomic E-state index is 11.8. The zero-order valence-electron chi connectivity index (χ0n) is 9.46. The number of carbonyl (C=O) groups excluding carboxylic acids is 1. The summed E-state index contributed by atoms with van der Waals surface area (Å²) in [6.45, 7) is 3.66. The van der Waals surface area contributed by atoms with Crippen LogP contribution in [0.4, 0.5) is 0 Å². The molecule has 16 heavy (non-hydrogen) atoms. The zero-order valence-corrected chi connectivity index (χ0v) is 9.46. The van der Waals surface area contributed by atoms with E-state index in [1.54, 1.807) is 15.9 Å². The molecule has 0 unspecified atom stereocenters. The molecule has 0 spiro atoms. The minimum absolute atomic E-state index is 0.0651. The van der Waals surface area contributed by atoms with Crippen molar-refractivity contribution < 1.29 is 4.79 Å². The van der Waals surface area contributed by atoms with Gasteiger partial charge in [0.15, 0.2) is 0 Å². The Morgan fingerprint density at radius 1 is 1.62 bits per heavy atom. The Morgan fingerprint density at radius 2 is 2.44 bits per heavy atom. The summed E-state index contributed by atoms with van der Waals surface area (Å²) >= 11 is 0. The van der Waals surface area contributed by atoms with Crippen LogP contribution in [0.25, 0.3) is 0 Å². The van der Waals surface area contributed by atoms with Crippen molar-refractivity contribution in [1.82, 2.24) is 19.7 Å². The van der Waals surface area contributed by atoms with E-state index in [0.29, 0.717) is 26.1 Å². The van der Waals surface area contributed by atoms with Crippen molar-refractivity contribution >= 4 is 5.91 Å². The number of rotatable bonds is 6. The van der Waals surface area contributed by atoms with E-state index in [1.165, 1.54) is 6.33 Å². The van der Waals surface area contributed by atoms with Gasteiger partial charge < -0.3 is 4.90 Å². The summed E-state index contributed by atoms with van der Waals surface area (Å²) in [5, 5.41) is 3.93. The molecule has 0 fully saturated rings. The molecule has 0 saturated heterocycles. The number of amides is 1. The van der Waals surface area contributed by atoms with Gasteiger partial charge in [-0.1, -0.05) is 12.8 Å². The number of aromatic nitrogens is 3. The molecule has 0 aliphatic heterocycles. The zero-order chi connectivity index (χ0) is 11.8. The predicted octanol–water partition coefficient (Wildman–Crippen LogP) is 0.540. The molecule has 5 heteroatoms. The molecule has 1 amide bonds. The van der Waals surface area contributed by atoms with Gasteiger partial charge >= 0.3 is 0 Å². The summed E-state index contributed by atoms with van der Waals surface area (Å²) in [7, 11) is 0. The highest BCUT2D eigenvalue weighted by atomic mass is 16.2. The molecular weight excluding hydrogens is 204 g/mol. The molecule has 0 saturated carbocycles. The molecule has 0 atom stereocenters. The van der Waals surface area contributed by atoms with Gasteiger partial charge in [0.25, 0.3) is 0 Å². The number of carbonyl (C=O) groups is 1. The normalized spacial score (nSPS) is 9.75. The Labute approximate surface area is 95.5 Å². The maximum atomic E-state index is 11.8. The molecule has 0 aliphatic carbocycles.